The summed E-state index contributed by atoms with van der Waals surface area (Å²) in [5, 5.41) is 0.705. The fourth-order valence-electron chi connectivity index (χ4n) is 3.11. The average Bonchev–Trinajstić information content (AvgIpc) is 3.23. The standard InChI is InChI=1S/C20H17NO6S/c22-19-10-6-14-3-7-16(13-18(14)27-19)26-20(23)15-4-8-17(9-5-15)28(24,25)21-11-1-2-12-21/h3-10,13H,1-2,11-12H2. The highest BCUT2D eigenvalue weighted by Crippen LogP contribution is 2.23. The lowest BCUT2D eigenvalue weighted by atomic mass is 10.2. The first-order chi connectivity index (χ1) is 13.4. The molecule has 0 amide bonds. The first-order valence-corrected chi connectivity index (χ1v) is 10.2. The molecule has 2 heterocycles. The minimum absolute atomic E-state index is 0.151. The number of carbonyl (C=O) groups excluding carboxylic acids is 1. The summed E-state index contributed by atoms with van der Waals surface area (Å²) in [5.41, 5.74) is 0.0330. The number of carbonyl (C=O) groups is 1. The molecule has 28 heavy (non-hydrogen) atoms. The molecule has 1 aliphatic rings. The molecule has 1 saturated heterocycles. The van der Waals surface area contributed by atoms with Crippen molar-refractivity contribution in [2.45, 2.75) is 17.7 Å². The van der Waals surface area contributed by atoms with E-state index in [2.05, 4.69) is 0 Å². The van der Waals surface area contributed by atoms with Crippen LogP contribution in [0.1, 0.15) is 23.2 Å². The Morgan fingerprint density at radius 2 is 1.64 bits per heavy atom. The molecule has 2 aromatic carbocycles. The van der Waals surface area contributed by atoms with Crippen LogP contribution in [0.15, 0.2) is 68.7 Å². The lowest BCUT2D eigenvalue weighted by Crippen LogP contribution is -2.27. The Kier molecular flexibility index (Phi) is 4.74. The van der Waals surface area contributed by atoms with Gasteiger partial charge in [0.15, 0.2) is 0 Å². The minimum Gasteiger partial charge on any atom is -0.423 e. The van der Waals surface area contributed by atoms with Gasteiger partial charge in [0.05, 0.1) is 10.5 Å². The van der Waals surface area contributed by atoms with Crippen molar-refractivity contribution in [2.75, 3.05) is 13.1 Å². The monoisotopic (exact) mass is 399 g/mol. The zero-order valence-electron chi connectivity index (χ0n) is 14.8. The fourth-order valence-corrected chi connectivity index (χ4v) is 4.63. The zero-order chi connectivity index (χ0) is 19.7. The van der Waals surface area contributed by atoms with E-state index < -0.39 is 21.6 Å². The Balaban J connectivity index is 1.53. The van der Waals surface area contributed by atoms with Gasteiger partial charge in [0.1, 0.15) is 11.3 Å². The third kappa shape index (κ3) is 3.56. The molecule has 4 rings (SSSR count). The molecule has 0 radical (unpaired) electrons. The smallest absolute Gasteiger partial charge is 0.343 e. The lowest BCUT2D eigenvalue weighted by Gasteiger charge is -2.15. The maximum absolute atomic E-state index is 12.5. The maximum atomic E-state index is 12.5. The predicted octanol–water partition coefficient (Wildman–Crippen LogP) is 2.80. The number of esters is 1. The second-order valence-electron chi connectivity index (χ2n) is 6.48. The van der Waals surface area contributed by atoms with Gasteiger partial charge in [-0.3, -0.25) is 0 Å². The molecule has 1 aromatic heterocycles. The van der Waals surface area contributed by atoms with Crippen LogP contribution >= 0.6 is 0 Å². The fraction of sp³-hybridized carbons (Fsp3) is 0.200. The van der Waals surface area contributed by atoms with Gasteiger partial charge in [0, 0.05) is 30.6 Å². The van der Waals surface area contributed by atoms with E-state index >= 15 is 0 Å². The van der Waals surface area contributed by atoms with E-state index in [0.717, 1.165) is 12.8 Å². The Hall–Kier alpha value is -2.97. The summed E-state index contributed by atoms with van der Waals surface area (Å²) in [6, 6.07) is 13.3. The van der Waals surface area contributed by atoms with Crippen LogP contribution in [0.4, 0.5) is 0 Å². The van der Waals surface area contributed by atoms with Crippen molar-refractivity contribution in [1.29, 1.82) is 0 Å². The van der Waals surface area contributed by atoms with Crippen LogP contribution in [0.2, 0.25) is 0 Å². The van der Waals surface area contributed by atoms with Crippen molar-refractivity contribution in [1.82, 2.24) is 4.31 Å². The summed E-state index contributed by atoms with van der Waals surface area (Å²) >= 11 is 0. The second kappa shape index (κ2) is 7.21. The normalized spacial score (nSPS) is 15.0. The van der Waals surface area contributed by atoms with Gasteiger partial charge in [-0.05, 0) is 55.3 Å². The lowest BCUT2D eigenvalue weighted by molar-refractivity contribution is 0.0735. The molecule has 144 valence electrons. The number of benzene rings is 2. The maximum Gasteiger partial charge on any atom is 0.343 e. The summed E-state index contributed by atoms with van der Waals surface area (Å²) in [7, 11) is -3.53. The van der Waals surface area contributed by atoms with E-state index in [-0.39, 0.29) is 16.2 Å². The largest absolute Gasteiger partial charge is 0.423 e. The molecule has 0 unspecified atom stereocenters. The van der Waals surface area contributed by atoms with E-state index in [1.54, 1.807) is 18.2 Å². The molecule has 0 N–H and O–H groups in total. The third-order valence-electron chi connectivity index (χ3n) is 4.60. The highest BCUT2D eigenvalue weighted by atomic mass is 32.2. The highest BCUT2D eigenvalue weighted by Gasteiger charge is 2.27. The van der Waals surface area contributed by atoms with Crippen molar-refractivity contribution in [3.05, 3.63) is 70.6 Å². The van der Waals surface area contributed by atoms with Crippen LogP contribution in [-0.4, -0.2) is 31.8 Å². The number of hydrogen-bond acceptors (Lipinski definition) is 6. The number of sulfonamides is 1. The van der Waals surface area contributed by atoms with E-state index in [1.807, 2.05) is 0 Å². The van der Waals surface area contributed by atoms with E-state index in [0.29, 0.717) is 24.1 Å². The van der Waals surface area contributed by atoms with Gasteiger partial charge >= 0.3 is 11.6 Å². The molecule has 0 bridgehead atoms. The van der Waals surface area contributed by atoms with Crippen molar-refractivity contribution >= 4 is 27.0 Å². The number of nitrogens with zero attached hydrogens (tertiary/aromatic N) is 1. The molecule has 8 heteroatoms. The molecule has 0 atom stereocenters. The van der Waals surface area contributed by atoms with Crippen molar-refractivity contribution in [2.24, 2.45) is 0 Å². The quantitative estimate of drug-likeness (QED) is 0.380. The van der Waals surface area contributed by atoms with Gasteiger partial charge in [-0.2, -0.15) is 4.31 Å². The van der Waals surface area contributed by atoms with Crippen LogP contribution in [0.25, 0.3) is 11.0 Å². The van der Waals surface area contributed by atoms with Gasteiger partial charge in [0.25, 0.3) is 0 Å². The Bertz CT molecular complexity index is 1190. The van der Waals surface area contributed by atoms with Gasteiger partial charge in [-0.25, -0.2) is 18.0 Å². The minimum atomic E-state index is -3.53. The van der Waals surface area contributed by atoms with Crippen LogP contribution in [-0.2, 0) is 10.0 Å². The molecule has 1 aliphatic heterocycles. The van der Waals surface area contributed by atoms with Crippen molar-refractivity contribution in [3.63, 3.8) is 0 Å². The van der Waals surface area contributed by atoms with Gasteiger partial charge in [-0.15, -0.1) is 0 Å². The first-order valence-electron chi connectivity index (χ1n) is 8.80. The highest BCUT2D eigenvalue weighted by molar-refractivity contribution is 7.89. The van der Waals surface area contributed by atoms with E-state index in [9.17, 15) is 18.0 Å². The summed E-state index contributed by atoms with van der Waals surface area (Å²) in [6.07, 6.45) is 1.71. The van der Waals surface area contributed by atoms with Gasteiger partial charge in [0.2, 0.25) is 10.0 Å². The average molecular weight is 399 g/mol. The molecule has 3 aromatic rings. The van der Waals surface area contributed by atoms with Gasteiger partial charge < -0.3 is 9.15 Å². The molecule has 0 spiro atoms. The third-order valence-corrected chi connectivity index (χ3v) is 6.51. The van der Waals surface area contributed by atoms with Crippen LogP contribution in [0.5, 0.6) is 5.75 Å². The second-order valence-corrected chi connectivity index (χ2v) is 8.42. The Labute approximate surface area is 161 Å². The Morgan fingerprint density at radius 1 is 0.964 bits per heavy atom. The SMILES string of the molecule is O=C(Oc1ccc2ccc(=O)oc2c1)c1ccc(S(=O)(=O)N2CCCC2)cc1. The van der Waals surface area contributed by atoms with Gasteiger partial charge in [-0.1, -0.05) is 0 Å². The Morgan fingerprint density at radius 3 is 2.36 bits per heavy atom. The first kappa shape index (κ1) is 18.4. The molecule has 0 aliphatic carbocycles. The molecule has 7 nitrogen and oxygen atoms in total. The molecular weight excluding hydrogens is 382 g/mol. The summed E-state index contributed by atoms with van der Waals surface area (Å²) in [6.45, 7) is 1.04. The number of hydrogen-bond donors (Lipinski definition) is 0. The molecule has 0 saturated carbocycles. The van der Waals surface area contributed by atoms with Crippen molar-refractivity contribution in [3.8, 4) is 5.75 Å². The number of fused-ring (bicyclic) bond motifs is 1. The summed E-state index contributed by atoms with van der Waals surface area (Å²) < 4.78 is 36.9. The molecular formula is C20H17NO6S. The van der Waals surface area contributed by atoms with E-state index in [4.69, 9.17) is 9.15 Å². The van der Waals surface area contributed by atoms with E-state index in [1.165, 1.54) is 40.7 Å². The number of rotatable bonds is 4. The topological polar surface area (TPSA) is 93.9 Å². The molecule has 1 fully saturated rings. The summed E-state index contributed by atoms with van der Waals surface area (Å²) in [5.74, 6) is -0.414. The van der Waals surface area contributed by atoms with Crippen molar-refractivity contribution < 1.29 is 22.4 Å². The van der Waals surface area contributed by atoms with Crippen LogP contribution < -0.4 is 10.4 Å². The zero-order valence-corrected chi connectivity index (χ0v) is 15.6. The predicted molar refractivity (Wildman–Crippen MR) is 102 cm³/mol. The van der Waals surface area contributed by atoms with Crippen LogP contribution in [0, 0.1) is 0 Å². The number of ether oxygens (including phenoxy) is 1. The van der Waals surface area contributed by atoms with Crippen LogP contribution in [0.3, 0.4) is 0 Å². The summed E-state index contributed by atoms with van der Waals surface area (Å²) in [4.78, 5) is 23.8.